The lowest BCUT2D eigenvalue weighted by molar-refractivity contribution is -0.158. The number of cyclic esters (lactones) is 1. The van der Waals surface area contributed by atoms with Gasteiger partial charge in [0, 0.05) is 21.6 Å². The summed E-state index contributed by atoms with van der Waals surface area (Å²) in [6, 6.07) is 12.3. The maximum Gasteiger partial charge on any atom is 0.339 e. The number of carbonyl (C=O) groups excluding carboxylic acids is 2. The molecule has 1 aromatic carbocycles. The van der Waals surface area contributed by atoms with E-state index in [1.165, 1.54) is 5.56 Å². The number of ether oxygens (including phenoxy) is 1. The van der Waals surface area contributed by atoms with Crippen molar-refractivity contribution < 1.29 is 19.4 Å². The number of esters is 1. The van der Waals surface area contributed by atoms with Crippen LogP contribution in [0.15, 0.2) is 47.7 Å². The molecule has 2 fully saturated rings. The molecule has 0 bridgehead atoms. The van der Waals surface area contributed by atoms with E-state index in [2.05, 4.69) is 24.3 Å². The van der Waals surface area contributed by atoms with Crippen LogP contribution in [0.1, 0.15) is 58.9 Å². The molecule has 0 saturated heterocycles. The Morgan fingerprint density at radius 1 is 1.03 bits per heavy atom. The highest BCUT2D eigenvalue weighted by Gasteiger charge is 2.48. The second-order valence-corrected chi connectivity index (χ2v) is 11.2. The average molecular weight is 451 g/mol. The fraction of sp³-hybridized carbons (Fsp3) is 0.481. The molecule has 4 nitrogen and oxygen atoms in total. The second kappa shape index (κ2) is 8.51. The molecule has 3 aliphatic rings. The molecule has 5 rings (SSSR count). The molecular formula is C27H30O4S. The van der Waals surface area contributed by atoms with Crippen LogP contribution in [0.25, 0.3) is 0 Å². The maximum atomic E-state index is 13.4. The molecule has 0 spiro atoms. The number of hydrogen-bond donors (Lipinski definition) is 1. The van der Waals surface area contributed by atoms with Crippen LogP contribution in [0.4, 0.5) is 0 Å². The third-order valence-electron chi connectivity index (χ3n) is 7.05. The molecule has 3 unspecified atom stereocenters. The van der Waals surface area contributed by atoms with E-state index >= 15 is 0 Å². The molecule has 32 heavy (non-hydrogen) atoms. The van der Waals surface area contributed by atoms with E-state index in [4.69, 9.17) is 4.74 Å². The Kier molecular flexibility index (Phi) is 5.70. The summed E-state index contributed by atoms with van der Waals surface area (Å²) in [6.07, 6.45) is 4.93. The number of carbonyl (C=O) groups is 2. The highest BCUT2D eigenvalue weighted by molar-refractivity contribution is 7.12. The predicted molar refractivity (Wildman–Crippen MR) is 125 cm³/mol. The zero-order valence-electron chi connectivity index (χ0n) is 18.7. The molecule has 2 saturated carbocycles. The van der Waals surface area contributed by atoms with Gasteiger partial charge in [-0.05, 0) is 69.1 Å². The van der Waals surface area contributed by atoms with Crippen LogP contribution in [0.2, 0.25) is 0 Å². The molecule has 2 aliphatic carbocycles. The number of thiophene rings is 1. The summed E-state index contributed by atoms with van der Waals surface area (Å²) >= 11 is 1.63. The van der Waals surface area contributed by atoms with Crippen molar-refractivity contribution in [2.45, 2.75) is 64.4 Å². The van der Waals surface area contributed by atoms with Gasteiger partial charge in [0.25, 0.3) is 0 Å². The van der Waals surface area contributed by atoms with Crippen molar-refractivity contribution in [2.24, 2.45) is 17.8 Å². The van der Waals surface area contributed by atoms with Crippen molar-refractivity contribution in [1.82, 2.24) is 0 Å². The van der Waals surface area contributed by atoms with Crippen LogP contribution in [-0.2, 0) is 20.7 Å². The van der Waals surface area contributed by atoms with E-state index in [-0.39, 0.29) is 29.1 Å². The highest BCUT2D eigenvalue weighted by atomic mass is 32.1. The van der Waals surface area contributed by atoms with Gasteiger partial charge in [-0.1, -0.05) is 42.7 Å². The Bertz CT molecular complexity index is 1060. The number of aliphatic hydroxyl groups is 1. The molecule has 1 aliphatic heterocycles. The first kappa shape index (κ1) is 21.4. The van der Waals surface area contributed by atoms with Gasteiger partial charge in [-0.15, -0.1) is 11.3 Å². The molecule has 1 N–H and O–H groups in total. The minimum Gasteiger partial charge on any atom is -0.504 e. The Morgan fingerprint density at radius 2 is 1.75 bits per heavy atom. The summed E-state index contributed by atoms with van der Waals surface area (Å²) in [5, 5.41) is 11.0. The van der Waals surface area contributed by atoms with Gasteiger partial charge in [0.05, 0.1) is 5.57 Å². The molecule has 1 aromatic heterocycles. The van der Waals surface area contributed by atoms with Crippen molar-refractivity contribution in [3.8, 4) is 0 Å². The number of Topliss-reactive ketones (excluding diaryl/α,β-unsaturated/α-hetero) is 1. The van der Waals surface area contributed by atoms with E-state index in [9.17, 15) is 14.7 Å². The SMILES string of the molecule is Cc1ccc(CC(CC2CC2)C2OC(=O)C(C(c3ccc(C)s3)C3CC3)=C(O)C2=O)cc1. The normalized spacial score (nSPS) is 23.2. The summed E-state index contributed by atoms with van der Waals surface area (Å²) in [4.78, 5) is 28.8. The summed E-state index contributed by atoms with van der Waals surface area (Å²) < 4.78 is 5.85. The summed E-state index contributed by atoms with van der Waals surface area (Å²) in [6.45, 7) is 4.08. The van der Waals surface area contributed by atoms with E-state index < -0.39 is 17.9 Å². The third kappa shape index (κ3) is 4.40. The zero-order valence-corrected chi connectivity index (χ0v) is 19.5. The van der Waals surface area contributed by atoms with Gasteiger partial charge in [0.2, 0.25) is 5.78 Å². The van der Waals surface area contributed by atoms with Crippen LogP contribution >= 0.6 is 11.3 Å². The van der Waals surface area contributed by atoms with Crippen LogP contribution in [0.3, 0.4) is 0 Å². The minimum atomic E-state index is -0.905. The van der Waals surface area contributed by atoms with Crippen LogP contribution in [0.5, 0.6) is 0 Å². The summed E-state index contributed by atoms with van der Waals surface area (Å²) in [5.74, 6) is -0.788. The summed E-state index contributed by atoms with van der Waals surface area (Å²) in [5.41, 5.74) is 2.49. The molecule has 5 heteroatoms. The maximum absolute atomic E-state index is 13.4. The fourth-order valence-corrected chi connectivity index (χ4v) is 6.05. The van der Waals surface area contributed by atoms with Gasteiger partial charge < -0.3 is 9.84 Å². The van der Waals surface area contributed by atoms with E-state index in [1.54, 1.807) is 11.3 Å². The van der Waals surface area contributed by atoms with Crippen LogP contribution < -0.4 is 0 Å². The minimum absolute atomic E-state index is 0.117. The average Bonchev–Trinajstić information content (AvgIpc) is 3.69. The number of ketones is 1. The Labute approximate surface area is 193 Å². The molecule has 2 heterocycles. The first-order chi connectivity index (χ1) is 15.4. The Hall–Kier alpha value is -2.40. The van der Waals surface area contributed by atoms with Crippen molar-refractivity contribution in [1.29, 1.82) is 0 Å². The topological polar surface area (TPSA) is 63.6 Å². The monoisotopic (exact) mass is 450 g/mol. The van der Waals surface area contributed by atoms with Crippen LogP contribution in [-0.4, -0.2) is 23.0 Å². The van der Waals surface area contributed by atoms with Gasteiger partial charge in [-0.3, -0.25) is 4.79 Å². The lowest BCUT2D eigenvalue weighted by Gasteiger charge is -2.32. The van der Waals surface area contributed by atoms with Gasteiger partial charge in [0.15, 0.2) is 11.9 Å². The van der Waals surface area contributed by atoms with Gasteiger partial charge in [0.1, 0.15) is 0 Å². The Balaban J connectivity index is 1.44. The van der Waals surface area contributed by atoms with Gasteiger partial charge in [-0.2, -0.15) is 0 Å². The van der Waals surface area contributed by atoms with E-state index in [0.29, 0.717) is 12.3 Å². The number of rotatable bonds is 8. The van der Waals surface area contributed by atoms with Crippen molar-refractivity contribution >= 4 is 23.1 Å². The van der Waals surface area contributed by atoms with Gasteiger partial charge in [-0.25, -0.2) is 4.79 Å². The fourth-order valence-electron chi connectivity index (χ4n) is 4.96. The molecule has 0 amide bonds. The van der Waals surface area contributed by atoms with Crippen LogP contribution in [0, 0.1) is 31.6 Å². The van der Waals surface area contributed by atoms with Crippen molar-refractivity contribution in [3.63, 3.8) is 0 Å². The molecular weight excluding hydrogens is 420 g/mol. The van der Waals surface area contributed by atoms with Gasteiger partial charge >= 0.3 is 5.97 Å². The molecule has 0 radical (unpaired) electrons. The summed E-state index contributed by atoms with van der Waals surface area (Å²) in [7, 11) is 0. The first-order valence-corrected chi connectivity index (χ1v) is 12.5. The second-order valence-electron chi connectivity index (χ2n) is 9.84. The zero-order chi connectivity index (χ0) is 22.4. The van der Waals surface area contributed by atoms with E-state index in [0.717, 1.165) is 47.4 Å². The molecule has 2 aromatic rings. The lowest BCUT2D eigenvalue weighted by Crippen LogP contribution is -2.43. The number of aliphatic hydroxyl groups excluding tert-OH is 1. The highest BCUT2D eigenvalue weighted by Crippen LogP contribution is 2.50. The number of benzene rings is 1. The van der Waals surface area contributed by atoms with Crippen molar-refractivity contribution in [2.75, 3.05) is 0 Å². The smallest absolute Gasteiger partial charge is 0.339 e. The predicted octanol–water partition coefficient (Wildman–Crippen LogP) is 5.82. The first-order valence-electron chi connectivity index (χ1n) is 11.7. The number of hydrogen-bond acceptors (Lipinski definition) is 5. The largest absolute Gasteiger partial charge is 0.504 e. The molecule has 168 valence electrons. The van der Waals surface area contributed by atoms with Crippen molar-refractivity contribution in [3.05, 3.63) is 68.6 Å². The quantitative estimate of drug-likeness (QED) is 0.515. The Morgan fingerprint density at radius 3 is 2.34 bits per heavy atom. The number of aryl methyl sites for hydroxylation is 2. The van der Waals surface area contributed by atoms with E-state index in [1.807, 2.05) is 26.0 Å². The lowest BCUT2D eigenvalue weighted by atomic mass is 9.82. The third-order valence-corrected chi connectivity index (χ3v) is 8.14. The molecule has 3 atom stereocenters. The standard InChI is InChI=1S/C27H30O4S/c1-15-3-6-17(7-4-15)13-20(14-18-8-9-18)26-25(29)24(28)23(27(30)31-26)22(19-10-11-19)21-12-5-16(2)32-21/h3-7,12,18-20,22,26,28H,8-11,13-14H2,1-2H3.